The number of benzene rings is 1. The molecule has 0 atom stereocenters. The molecule has 0 heterocycles. The molecule has 1 aromatic carbocycles. The Kier molecular flexibility index (Phi) is 3.26. The van der Waals surface area contributed by atoms with E-state index in [1.807, 2.05) is 0 Å². The second kappa shape index (κ2) is 4.05. The van der Waals surface area contributed by atoms with Gasteiger partial charge in [-0.15, -0.1) is 0 Å². The lowest BCUT2D eigenvalue weighted by Gasteiger charge is -2.04. The van der Waals surface area contributed by atoms with Gasteiger partial charge >= 0.3 is 7.60 Å². The van der Waals surface area contributed by atoms with E-state index >= 15 is 0 Å². The van der Waals surface area contributed by atoms with E-state index in [0.717, 1.165) is 18.4 Å². The SMILES string of the molecule is CCCc1ccc(P(=O)(O)O)cc1. The first kappa shape index (κ1) is 10.5. The monoisotopic (exact) mass is 200 g/mol. The lowest BCUT2D eigenvalue weighted by Crippen LogP contribution is -2.03. The fourth-order valence-electron chi connectivity index (χ4n) is 1.15. The molecule has 13 heavy (non-hydrogen) atoms. The standard InChI is InChI=1S/C9H13O3P/c1-2-3-8-4-6-9(7-5-8)13(10,11)12/h4-7H,2-3H2,1H3,(H2,10,11,12). The molecular formula is C9H13O3P. The van der Waals surface area contributed by atoms with E-state index in [1.54, 1.807) is 12.1 Å². The third-order valence-electron chi connectivity index (χ3n) is 1.81. The summed E-state index contributed by atoms with van der Waals surface area (Å²) in [5.74, 6) is 0. The molecule has 2 N–H and O–H groups in total. The summed E-state index contributed by atoms with van der Waals surface area (Å²) in [5, 5.41) is 0.0901. The predicted molar refractivity (Wildman–Crippen MR) is 52.1 cm³/mol. The van der Waals surface area contributed by atoms with Gasteiger partial charge in [-0.1, -0.05) is 25.5 Å². The summed E-state index contributed by atoms with van der Waals surface area (Å²) in [4.78, 5) is 17.6. The number of hydrogen-bond donors (Lipinski definition) is 2. The summed E-state index contributed by atoms with van der Waals surface area (Å²) in [5.41, 5.74) is 1.11. The van der Waals surface area contributed by atoms with Crippen LogP contribution in [0.25, 0.3) is 0 Å². The van der Waals surface area contributed by atoms with Gasteiger partial charge in [0.2, 0.25) is 0 Å². The van der Waals surface area contributed by atoms with Crippen LogP contribution in [0.1, 0.15) is 18.9 Å². The van der Waals surface area contributed by atoms with Crippen LogP contribution in [0.2, 0.25) is 0 Å². The van der Waals surface area contributed by atoms with Crippen molar-refractivity contribution in [3.63, 3.8) is 0 Å². The third-order valence-corrected chi connectivity index (χ3v) is 2.78. The minimum Gasteiger partial charge on any atom is -0.321 e. The zero-order valence-electron chi connectivity index (χ0n) is 7.47. The number of hydrogen-bond acceptors (Lipinski definition) is 1. The van der Waals surface area contributed by atoms with Gasteiger partial charge in [0.05, 0.1) is 5.30 Å². The Bertz CT molecular complexity index is 312. The average Bonchev–Trinajstić information content (AvgIpc) is 2.04. The molecule has 0 amide bonds. The van der Waals surface area contributed by atoms with Crippen LogP contribution in [-0.4, -0.2) is 9.79 Å². The summed E-state index contributed by atoms with van der Waals surface area (Å²) in [6.07, 6.45) is 1.98. The molecule has 0 radical (unpaired) electrons. The smallest absolute Gasteiger partial charge is 0.321 e. The van der Waals surface area contributed by atoms with Crippen LogP contribution in [0.5, 0.6) is 0 Å². The molecule has 0 aliphatic rings. The number of aryl methyl sites for hydroxylation is 1. The molecule has 0 saturated carbocycles. The predicted octanol–water partition coefficient (Wildman–Crippen LogP) is 1.44. The molecule has 0 unspecified atom stereocenters. The van der Waals surface area contributed by atoms with E-state index in [9.17, 15) is 4.57 Å². The van der Waals surface area contributed by atoms with E-state index in [0.29, 0.717) is 0 Å². The summed E-state index contributed by atoms with van der Waals surface area (Å²) >= 11 is 0. The molecule has 1 rings (SSSR count). The quantitative estimate of drug-likeness (QED) is 0.726. The van der Waals surface area contributed by atoms with E-state index in [-0.39, 0.29) is 5.30 Å². The lowest BCUT2D eigenvalue weighted by atomic mass is 10.1. The molecular weight excluding hydrogens is 187 g/mol. The van der Waals surface area contributed by atoms with Crippen LogP contribution < -0.4 is 5.30 Å². The van der Waals surface area contributed by atoms with Crippen molar-refractivity contribution in [2.75, 3.05) is 0 Å². The molecule has 0 aromatic heterocycles. The second-order valence-corrected chi connectivity index (χ2v) is 4.56. The van der Waals surface area contributed by atoms with E-state index in [2.05, 4.69) is 6.92 Å². The van der Waals surface area contributed by atoms with Gasteiger partial charge in [0.1, 0.15) is 0 Å². The highest BCUT2D eigenvalue weighted by molar-refractivity contribution is 7.60. The number of rotatable bonds is 3. The van der Waals surface area contributed by atoms with Gasteiger partial charge in [-0.3, -0.25) is 4.57 Å². The fourth-order valence-corrected chi connectivity index (χ4v) is 1.68. The molecule has 1 aromatic rings. The van der Waals surface area contributed by atoms with Gasteiger partial charge in [0.25, 0.3) is 0 Å². The van der Waals surface area contributed by atoms with Crippen LogP contribution in [0, 0.1) is 0 Å². The average molecular weight is 200 g/mol. The first-order chi connectivity index (χ1) is 6.04. The van der Waals surface area contributed by atoms with Gasteiger partial charge in [0, 0.05) is 0 Å². The lowest BCUT2D eigenvalue weighted by molar-refractivity contribution is 0.387. The molecule has 4 heteroatoms. The molecule has 0 saturated heterocycles. The normalized spacial score (nSPS) is 11.6. The Labute approximate surface area is 77.6 Å². The maximum Gasteiger partial charge on any atom is 0.356 e. The Morgan fingerprint density at radius 2 is 1.77 bits per heavy atom. The summed E-state index contributed by atoms with van der Waals surface area (Å²) in [6, 6.07) is 6.51. The third kappa shape index (κ3) is 2.96. The molecule has 0 fully saturated rings. The van der Waals surface area contributed by atoms with Gasteiger partial charge in [-0.25, -0.2) is 0 Å². The van der Waals surface area contributed by atoms with Gasteiger partial charge in [-0.05, 0) is 24.1 Å². The minimum atomic E-state index is -4.06. The Morgan fingerprint density at radius 3 is 2.15 bits per heavy atom. The highest BCUT2D eigenvalue weighted by atomic mass is 31.2. The fraction of sp³-hybridized carbons (Fsp3) is 0.333. The largest absolute Gasteiger partial charge is 0.356 e. The van der Waals surface area contributed by atoms with Gasteiger partial charge in [-0.2, -0.15) is 0 Å². The molecule has 72 valence electrons. The molecule has 3 nitrogen and oxygen atoms in total. The van der Waals surface area contributed by atoms with E-state index < -0.39 is 7.60 Å². The van der Waals surface area contributed by atoms with Gasteiger partial charge in [0.15, 0.2) is 0 Å². The van der Waals surface area contributed by atoms with E-state index in [4.69, 9.17) is 9.79 Å². The summed E-state index contributed by atoms with van der Waals surface area (Å²) < 4.78 is 10.8. The minimum absolute atomic E-state index is 0.0901. The second-order valence-electron chi connectivity index (χ2n) is 2.96. The topological polar surface area (TPSA) is 57.5 Å². The first-order valence-electron chi connectivity index (χ1n) is 4.19. The van der Waals surface area contributed by atoms with Crippen molar-refractivity contribution in [1.82, 2.24) is 0 Å². The van der Waals surface area contributed by atoms with Crippen molar-refractivity contribution in [2.45, 2.75) is 19.8 Å². The van der Waals surface area contributed by atoms with E-state index in [1.165, 1.54) is 12.1 Å². The zero-order valence-corrected chi connectivity index (χ0v) is 8.37. The summed E-state index contributed by atoms with van der Waals surface area (Å²) in [7, 11) is -4.06. The molecule has 0 bridgehead atoms. The van der Waals surface area contributed by atoms with Crippen LogP contribution in [0.3, 0.4) is 0 Å². The highest BCUT2D eigenvalue weighted by Gasteiger charge is 2.15. The van der Waals surface area contributed by atoms with Crippen LogP contribution in [0.4, 0.5) is 0 Å². The summed E-state index contributed by atoms with van der Waals surface area (Å²) in [6.45, 7) is 2.07. The highest BCUT2D eigenvalue weighted by Crippen LogP contribution is 2.32. The molecule has 0 aliphatic carbocycles. The maximum atomic E-state index is 10.8. The van der Waals surface area contributed by atoms with Crippen molar-refractivity contribution in [2.24, 2.45) is 0 Å². The van der Waals surface area contributed by atoms with Gasteiger partial charge < -0.3 is 9.79 Å². The van der Waals surface area contributed by atoms with Crippen molar-refractivity contribution >= 4 is 12.9 Å². The Hall–Kier alpha value is -0.630. The van der Waals surface area contributed by atoms with Crippen molar-refractivity contribution in [3.05, 3.63) is 29.8 Å². The maximum absolute atomic E-state index is 10.8. The van der Waals surface area contributed by atoms with Crippen molar-refractivity contribution < 1.29 is 14.4 Å². The molecule has 0 spiro atoms. The van der Waals surface area contributed by atoms with Crippen LogP contribution in [0.15, 0.2) is 24.3 Å². The Balaban J connectivity index is 2.88. The van der Waals surface area contributed by atoms with Crippen molar-refractivity contribution in [1.29, 1.82) is 0 Å². The Morgan fingerprint density at radius 1 is 1.23 bits per heavy atom. The molecule has 0 aliphatic heterocycles. The first-order valence-corrected chi connectivity index (χ1v) is 5.80. The zero-order chi connectivity index (χ0) is 9.90. The van der Waals surface area contributed by atoms with Crippen LogP contribution in [-0.2, 0) is 11.0 Å². The van der Waals surface area contributed by atoms with Crippen molar-refractivity contribution in [3.8, 4) is 0 Å². The van der Waals surface area contributed by atoms with Crippen LogP contribution >= 0.6 is 7.60 Å².